The van der Waals surface area contributed by atoms with Crippen LogP contribution in [0.15, 0.2) is 6.33 Å². The predicted molar refractivity (Wildman–Crippen MR) is 82.5 cm³/mol. The van der Waals surface area contributed by atoms with E-state index in [2.05, 4.69) is 33.6 Å². The first-order chi connectivity index (χ1) is 9.65. The molecule has 0 radical (unpaired) electrons. The molecule has 2 fully saturated rings. The highest BCUT2D eigenvalue weighted by atomic mass is 35.5. The molecule has 1 aromatic rings. The highest BCUT2D eigenvalue weighted by Crippen LogP contribution is 2.32. The maximum absolute atomic E-state index is 6.26. The van der Waals surface area contributed by atoms with Crippen molar-refractivity contribution in [1.29, 1.82) is 0 Å². The second-order valence-electron chi connectivity index (χ2n) is 6.29. The normalized spacial score (nSPS) is 20.7. The van der Waals surface area contributed by atoms with E-state index in [1.165, 1.54) is 19.4 Å². The summed E-state index contributed by atoms with van der Waals surface area (Å²) in [4.78, 5) is 13.6. The lowest BCUT2D eigenvalue weighted by Crippen LogP contribution is -2.47. The molecule has 0 N–H and O–H groups in total. The van der Waals surface area contributed by atoms with E-state index in [0.29, 0.717) is 11.1 Å². The van der Waals surface area contributed by atoms with Crippen LogP contribution >= 0.6 is 11.6 Å². The minimum absolute atomic E-state index is 0.350. The summed E-state index contributed by atoms with van der Waals surface area (Å²) in [5, 5.41) is 0.602. The number of aromatic nitrogens is 2. The molecule has 0 spiro atoms. The fourth-order valence-corrected chi connectivity index (χ4v) is 3.27. The number of nitrogens with zero attached hydrogens (tertiary/aromatic N) is 4. The Hall–Kier alpha value is -0.870. The van der Waals surface area contributed by atoms with Crippen molar-refractivity contribution in [1.82, 2.24) is 14.9 Å². The summed E-state index contributed by atoms with van der Waals surface area (Å²) in [7, 11) is 0. The third kappa shape index (κ3) is 3.07. The molecule has 0 amide bonds. The molecule has 4 nitrogen and oxygen atoms in total. The lowest BCUT2D eigenvalue weighted by Gasteiger charge is -2.36. The Morgan fingerprint density at radius 2 is 1.90 bits per heavy atom. The molecule has 0 bridgehead atoms. The molecule has 3 rings (SSSR count). The maximum atomic E-state index is 6.26. The van der Waals surface area contributed by atoms with Gasteiger partial charge in [-0.2, -0.15) is 0 Å². The molecular formula is C15H23ClN4. The minimum atomic E-state index is 0.350. The van der Waals surface area contributed by atoms with Gasteiger partial charge in [0.15, 0.2) is 0 Å². The van der Waals surface area contributed by atoms with E-state index >= 15 is 0 Å². The second-order valence-corrected chi connectivity index (χ2v) is 6.65. The van der Waals surface area contributed by atoms with Gasteiger partial charge in [-0.15, -0.1) is 0 Å². The smallest absolute Gasteiger partial charge is 0.138 e. The topological polar surface area (TPSA) is 32.3 Å². The molecule has 2 heterocycles. The molecular weight excluding hydrogens is 272 g/mol. The Balaban J connectivity index is 1.69. The number of anilines is 1. The van der Waals surface area contributed by atoms with E-state index in [-0.39, 0.29) is 0 Å². The van der Waals surface area contributed by atoms with Gasteiger partial charge in [-0.25, -0.2) is 9.97 Å². The Morgan fingerprint density at radius 1 is 1.20 bits per heavy atom. The summed E-state index contributed by atoms with van der Waals surface area (Å²) in [6, 6.07) is 0. The summed E-state index contributed by atoms with van der Waals surface area (Å²) >= 11 is 6.26. The molecule has 2 aliphatic rings. The molecule has 5 heteroatoms. The van der Waals surface area contributed by atoms with Crippen LogP contribution in [0.4, 0.5) is 5.82 Å². The van der Waals surface area contributed by atoms with Crippen molar-refractivity contribution in [2.24, 2.45) is 5.92 Å². The van der Waals surface area contributed by atoms with Crippen molar-refractivity contribution >= 4 is 17.4 Å². The first kappa shape index (κ1) is 14.1. The van der Waals surface area contributed by atoms with Gasteiger partial charge in [0.05, 0.1) is 0 Å². The maximum Gasteiger partial charge on any atom is 0.138 e. The Labute approximate surface area is 126 Å². The lowest BCUT2D eigenvalue weighted by atomic mass is 10.1. The first-order valence-corrected chi connectivity index (χ1v) is 8.00. The Morgan fingerprint density at radius 3 is 2.50 bits per heavy atom. The van der Waals surface area contributed by atoms with Crippen LogP contribution in [0.25, 0.3) is 0 Å². The van der Waals surface area contributed by atoms with Crippen LogP contribution < -0.4 is 4.90 Å². The standard InChI is InChI=1S/C15H23ClN4/c1-11(2)13-14(16)17-10-18-15(13)20-7-5-19(6-8-20)9-12-3-4-12/h10-12H,3-9H2,1-2H3. The largest absolute Gasteiger partial charge is 0.354 e. The third-order valence-corrected chi connectivity index (χ3v) is 4.58. The third-order valence-electron chi connectivity index (χ3n) is 4.28. The first-order valence-electron chi connectivity index (χ1n) is 7.63. The van der Waals surface area contributed by atoms with E-state index in [0.717, 1.165) is 43.5 Å². The average molecular weight is 295 g/mol. The quantitative estimate of drug-likeness (QED) is 0.799. The number of halogens is 1. The summed E-state index contributed by atoms with van der Waals surface area (Å²) in [5.74, 6) is 2.36. The highest BCUT2D eigenvalue weighted by molar-refractivity contribution is 6.30. The van der Waals surface area contributed by atoms with Gasteiger partial charge >= 0.3 is 0 Å². The summed E-state index contributed by atoms with van der Waals surface area (Å²) in [5.41, 5.74) is 1.09. The molecule has 0 unspecified atom stereocenters. The number of piperazine rings is 1. The van der Waals surface area contributed by atoms with Crippen LogP contribution in [-0.2, 0) is 0 Å². The van der Waals surface area contributed by atoms with Gasteiger partial charge in [0.2, 0.25) is 0 Å². The van der Waals surface area contributed by atoms with Crippen molar-refractivity contribution in [3.05, 3.63) is 17.0 Å². The molecule has 1 aliphatic heterocycles. The molecule has 1 saturated carbocycles. The molecule has 1 aromatic heterocycles. The van der Waals surface area contributed by atoms with Crippen molar-refractivity contribution in [2.45, 2.75) is 32.6 Å². The van der Waals surface area contributed by atoms with Crippen LogP contribution in [0, 0.1) is 5.92 Å². The summed E-state index contributed by atoms with van der Waals surface area (Å²) < 4.78 is 0. The number of rotatable bonds is 4. The van der Waals surface area contributed by atoms with E-state index in [1.54, 1.807) is 6.33 Å². The fourth-order valence-electron chi connectivity index (χ4n) is 2.92. The number of hydrogen-bond donors (Lipinski definition) is 0. The van der Waals surface area contributed by atoms with Gasteiger partial charge in [-0.1, -0.05) is 25.4 Å². The Kier molecular flexibility index (Phi) is 4.13. The van der Waals surface area contributed by atoms with Crippen LogP contribution in [0.3, 0.4) is 0 Å². The predicted octanol–water partition coefficient (Wildman–Crippen LogP) is 2.79. The van der Waals surface area contributed by atoms with Crippen molar-refractivity contribution in [2.75, 3.05) is 37.6 Å². The summed E-state index contributed by atoms with van der Waals surface area (Å²) in [6.07, 6.45) is 4.44. The minimum Gasteiger partial charge on any atom is -0.354 e. The molecule has 110 valence electrons. The zero-order chi connectivity index (χ0) is 14.1. The molecule has 20 heavy (non-hydrogen) atoms. The van der Waals surface area contributed by atoms with Gasteiger partial charge < -0.3 is 4.90 Å². The van der Waals surface area contributed by atoms with Crippen LogP contribution in [0.5, 0.6) is 0 Å². The molecule has 1 saturated heterocycles. The lowest BCUT2D eigenvalue weighted by molar-refractivity contribution is 0.247. The van der Waals surface area contributed by atoms with Gasteiger partial charge in [0.25, 0.3) is 0 Å². The van der Waals surface area contributed by atoms with Crippen LogP contribution in [0.1, 0.15) is 38.2 Å². The van der Waals surface area contributed by atoms with Crippen molar-refractivity contribution in [3.63, 3.8) is 0 Å². The Bertz CT molecular complexity index is 465. The SMILES string of the molecule is CC(C)c1c(Cl)ncnc1N1CCN(CC2CC2)CC1. The average Bonchev–Trinajstić information content (AvgIpc) is 3.23. The van der Waals surface area contributed by atoms with Crippen molar-refractivity contribution in [3.8, 4) is 0 Å². The van der Waals surface area contributed by atoms with Crippen molar-refractivity contribution < 1.29 is 0 Å². The van der Waals surface area contributed by atoms with Crippen LogP contribution in [-0.4, -0.2) is 47.6 Å². The van der Waals surface area contributed by atoms with E-state index in [4.69, 9.17) is 11.6 Å². The zero-order valence-electron chi connectivity index (χ0n) is 12.3. The van der Waals surface area contributed by atoms with E-state index < -0.39 is 0 Å². The monoisotopic (exact) mass is 294 g/mol. The van der Waals surface area contributed by atoms with Crippen LogP contribution in [0.2, 0.25) is 5.15 Å². The van der Waals surface area contributed by atoms with E-state index in [9.17, 15) is 0 Å². The molecule has 1 aliphatic carbocycles. The highest BCUT2D eigenvalue weighted by Gasteiger charge is 2.28. The fraction of sp³-hybridized carbons (Fsp3) is 0.733. The number of hydrogen-bond acceptors (Lipinski definition) is 4. The van der Waals surface area contributed by atoms with E-state index in [1.807, 2.05) is 0 Å². The van der Waals surface area contributed by atoms with Gasteiger partial charge in [-0.05, 0) is 24.7 Å². The van der Waals surface area contributed by atoms with Gasteiger partial charge in [0.1, 0.15) is 17.3 Å². The van der Waals surface area contributed by atoms with Gasteiger partial charge in [-0.3, -0.25) is 4.90 Å². The zero-order valence-corrected chi connectivity index (χ0v) is 13.1. The molecule has 0 aromatic carbocycles. The summed E-state index contributed by atoms with van der Waals surface area (Å²) in [6.45, 7) is 9.94. The second kappa shape index (κ2) is 5.86. The molecule has 0 atom stereocenters. The van der Waals surface area contributed by atoms with Gasteiger partial charge in [0, 0.05) is 38.3 Å².